The van der Waals surface area contributed by atoms with Gasteiger partial charge >= 0.3 is 5.97 Å². The Bertz CT molecular complexity index is 1510. The Kier molecular flexibility index (Phi) is 6.44. The highest BCUT2D eigenvalue weighted by atomic mass is 79.9. The minimum absolute atomic E-state index is 0.140. The van der Waals surface area contributed by atoms with Crippen LogP contribution in [0.15, 0.2) is 105 Å². The minimum Gasteiger partial charge on any atom is -0.465 e. The van der Waals surface area contributed by atoms with E-state index in [0.29, 0.717) is 22.7 Å². The van der Waals surface area contributed by atoms with Gasteiger partial charge in [-0.2, -0.15) is 0 Å². The highest BCUT2D eigenvalue weighted by Gasteiger charge is 2.31. The van der Waals surface area contributed by atoms with Crippen molar-refractivity contribution in [3.05, 3.63) is 124 Å². The monoisotopic (exact) mass is 539 g/mol. The zero-order chi connectivity index (χ0) is 25.2. The molecule has 36 heavy (non-hydrogen) atoms. The van der Waals surface area contributed by atoms with E-state index in [2.05, 4.69) is 15.9 Å². The van der Waals surface area contributed by atoms with E-state index in [1.807, 2.05) is 73.7 Å². The van der Waals surface area contributed by atoms with E-state index in [-0.39, 0.29) is 5.91 Å². The third-order valence-electron chi connectivity index (χ3n) is 5.91. The first-order chi connectivity index (χ1) is 17.4. The standard InChI is InChI=1S/C30H22BrNO4/c1-19-8-14-26(25(31)16-19)32-27(20-6-4-3-5-7-20)18-23(29(32)33)17-24-13-15-28(36-24)21-9-11-22(12-10-21)30(34)35-2/h3-18H,1-2H3/b23-17+. The summed E-state index contributed by atoms with van der Waals surface area (Å²) in [5, 5.41) is 0. The van der Waals surface area contributed by atoms with Gasteiger partial charge in [-0.1, -0.05) is 48.5 Å². The SMILES string of the molecule is COC(=O)c1ccc(-c2ccc(/C=C3\C=C(c4ccccc4)N(c4ccc(C)cc4Br)C3=O)o2)cc1. The number of anilines is 1. The van der Waals surface area contributed by atoms with Gasteiger partial charge in [0.05, 0.1) is 24.1 Å². The first-order valence-electron chi connectivity index (χ1n) is 11.3. The van der Waals surface area contributed by atoms with Crippen molar-refractivity contribution in [3.8, 4) is 11.3 Å². The Labute approximate surface area is 217 Å². The van der Waals surface area contributed by atoms with Crippen molar-refractivity contribution in [1.29, 1.82) is 0 Å². The van der Waals surface area contributed by atoms with Crippen molar-refractivity contribution < 1.29 is 18.7 Å². The minimum atomic E-state index is -0.392. The van der Waals surface area contributed by atoms with Gasteiger partial charge in [-0.05, 0) is 82.5 Å². The van der Waals surface area contributed by atoms with E-state index >= 15 is 0 Å². The van der Waals surface area contributed by atoms with E-state index < -0.39 is 5.97 Å². The third kappa shape index (κ3) is 4.55. The molecule has 0 saturated heterocycles. The fraction of sp³-hybridized carbons (Fsp3) is 0.0667. The van der Waals surface area contributed by atoms with Gasteiger partial charge in [0.1, 0.15) is 11.5 Å². The fourth-order valence-electron chi connectivity index (χ4n) is 4.10. The summed E-state index contributed by atoms with van der Waals surface area (Å²) in [5.41, 5.74) is 5.40. The van der Waals surface area contributed by atoms with Crippen LogP contribution in [-0.2, 0) is 9.53 Å². The van der Waals surface area contributed by atoms with Gasteiger partial charge in [-0.25, -0.2) is 4.79 Å². The van der Waals surface area contributed by atoms with Gasteiger partial charge in [0, 0.05) is 15.6 Å². The first-order valence-corrected chi connectivity index (χ1v) is 12.1. The van der Waals surface area contributed by atoms with E-state index in [1.54, 1.807) is 35.2 Å². The number of benzene rings is 3. The number of carbonyl (C=O) groups is 2. The number of amides is 1. The highest BCUT2D eigenvalue weighted by molar-refractivity contribution is 9.10. The van der Waals surface area contributed by atoms with Crippen LogP contribution < -0.4 is 4.90 Å². The molecule has 0 aliphatic carbocycles. The summed E-state index contributed by atoms with van der Waals surface area (Å²) in [7, 11) is 1.35. The molecule has 5 rings (SSSR count). The van der Waals surface area contributed by atoms with Gasteiger partial charge in [-0.15, -0.1) is 0 Å². The summed E-state index contributed by atoms with van der Waals surface area (Å²) in [6.45, 7) is 2.01. The Balaban J connectivity index is 1.50. The number of hydrogen-bond acceptors (Lipinski definition) is 4. The summed E-state index contributed by atoms with van der Waals surface area (Å²) in [4.78, 5) is 27.0. The molecule has 0 atom stereocenters. The number of aryl methyl sites for hydroxylation is 1. The van der Waals surface area contributed by atoms with E-state index in [0.717, 1.165) is 32.5 Å². The number of esters is 1. The van der Waals surface area contributed by atoms with Crippen LogP contribution in [0, 0.1) is 6.92 Å². The van der Waals surface area contributed by atoms with Gasteiger partial charge in [-0.3, -0.25) is 9.69 Å². The van der Waals surface area contributed by atoms with Crippen LogP contribution >= 0.6 is 15.9 Å². The largest absolute Gasteiger partial charge is 0.465 e. The molecule has 1 aliphatic heterocycles. The van der Waals surface area contributed by atoms with Crippen LogP contribution in [-0.4, -0.2) is 19.0 Å². The quantitative estimate of drug-likeness (QED) is 0.197. The van der Waals surface area contributed by atoms with Gasteiger partial charge in [0.25, 0.3) is 5.91 Å². The van der Waals surface area contributed by atoms with Crippen LogP contribution in [0.1, 0.15) is 27.2 Å². The molecule has 1 amide bonds. The van der Waals surface area contributed by atoms with Crippen molar-refractivity contribution in [2.75, 3.05) is 12.0 Å². The van der Waals surface area contributed by atoms with Crippen LogP contribution in [0.2, 0.25) is 0 Å². The molecular weight excluding hydrogens is 518 g/mol. The molecule has 0 bridgehead atoms. The second-order valence-electron chi connectivity index (χ2n) is 8.36. The maximum atomic E-state index is 13.6. The molecule has 3 aromatic carbocycles. The molecule has 0 spiro atoms. The molecule has 2 heterocycles. The van der Waals surface area contributed by atoms with Crippen LogP contribution in [0.4, 0.5) is 5.69 Å². The lowest BCUT2D eigenvalue weighted by Gasteiger charge is -2.22. The molecule has 6 heteroatoms. The second-order valence-corrected chi connectivity index (χ2v) is 9.22. The third-order valence-corrected chi connectivity index (χ3v) is 6.55. The van der Waals surface area contributed by atoms with Gasteiger partial charge in [0.15, 0.2) is 0 Å². The first kappa shape index (κ1) is 23.6. The number of methoxy groups -OCH3 is 1. The normalized spacial score (nSPS) is 14.3. The molecule has 1 aromatic heterocycles. The lowest BCUT2D eigenvalue weighted by Crippen LogP contribution is -2.25. The highest BCUT2D eigenvalue weighted by Crippen LogP contribution is 2.39. The smallest absolute Gasteiger partial charge is 0.337 e. The molecule has 0 saturated carbocycles. The molecule has 178 valence electrons. The fourth-order valence-corrected chi connectivity index (χ4v) is 4.77. The summed E-state index contributed by atoms with van der Waals surface area (Å²) < 4.78 is 11.6. The Morgan fingerprint density at radius 1 is 0.944 bits per heavy atom. The van der Waals surface area contributed by atoms with Crippen LogP contribution in [0.25, 0.3) is 23.1 Å². The summed E-state index contributed by atoms with van der Waals surface area (Å²) >= 11 is 3.63. The summed E-state index contributed by atoms with van der Waals surface area (Å²) in [6, 6.07) is 26.4. The predicted octanol–water partition coefficient (Wildman–Crippen LogP) is 7.28. The predicted molar refractivity (Wildman–Crippen MR) is 144 cm³/mol. The summed E-state index contributed by atoms with van der Waals surface area (Å²) in [5.74, 6) is 0.656. The van der Waals surface area contributed by atoms with E-state index in [4.69, 9.17) is 9.15 Å². The molecule has 5 nitrogen and oxygen atoms in total. The number of ether oxygens (including phenoxy) is 1. The maximum Gasteiger partial charge on any atom is 0.337 e. The van der Waals surface area contributed by atoms with Crippen molar-refractivity contribution >= 4 is 45.3 Å². The van der Waals surface area contributed by atoms with Crippen molar-refractivity contribution in [1.82, 2.24) is 0 Å². The molecular formula is C30H22BrNO4. The average Bonchev–Trinajstić information content (AvgIpc) is 3.49. The second kappa shape index (κ2) is 9.84. The number of halogens is 1. The molecule has 0 N–H and O–H groups in total. The lowest BCUT2D eigenvalue weighted by atomic mass is 10.1. The van der Waals surface area contributed by atoms with E-state index in [9.17, 15) is 9.59 Å². The van der Waals surface area contributed by atoms with Crippen LogP contribution in [0.5, 0.6) is 0 Å². The molecule has 1 aliphatic rings. The van der Waals surface area contributed by atoms with Crippen molar-refractivity contribution in [3.63, 3.8) is 0 Å². The number of furan rings is 1. The van der Waals surface area contributed by atoms with Crippen molar-refractivity contribution in [2.24, 2.45) is 0 Å². The van der Waals surface area contributed by atoms with Gasteiger partial charge < -0.3 is 9.15 Å². The number of nitrogens with zero attached hydrogens (tertiary/aromatic N) is 1. The Hall–Kier alpha value is -4.16. The number of carbonyl (C=O) groups excluding carboxylic acids is 2. The van der Waals surface area contributed by atoms with E-state index in [1.165, 1.54) is 7.11 Å². The maximum absolute atomic E-state index is 13.6. The Morgan fingerprint density at radius 3 is 2.39 bits per heavy atom. The molecule has 0 fully saturated rings. The molecule has 4 aromatic rings. The zero-order valence-electron chi connectivity index (χ0n) is 19.7. The molecule has 0 unspecified atom stereocenters. The summed E-state index contributed by atoms with van der Waals surface area (Å²) in [6.07, 6.45) is 3.64. The lowest BCUT2D eigenvalue weighted by molar-refractivity contribution is -0.113. The zero-order valence-corrected chi connectivity index (χ0v) is 21.3. The number of hydrogen-bond donors (Lipinski definition) is 0. The Morgan fingerprint density at radius 2 is 1.69 bits per heavy atom. The van der Waals surface area contributed by atoms with Crippen molar-refractivity contribution in [2.45, 2.75) is 6.92 Å². The molecule has 0 radical (unpaired) electrons. The topological polar surface area (TPSA) is 59.8 Å². The van der Waals surface area contributed by atoms with Crippen LogP contribution in [0.3, 0.4) is 0 Å². The average molecular weight is 540 g/mol. The van der Waals surface area contributed by atoms with Gasteiger partial charge in [0.2, 0.25) is 0 Å². The number of rotatable bonds is 5.